The normalized spacial score (nSPS) is 21.3. The first-order chi connectivity index (χ1) is 24.8. The summed E-state index contributed by atoms with van der Waals surface area (Å²) in [5.41, 5.74) is 6.32. The number of aromatic nitrogens is 2. The predicted octanol–water partition coefficient (Wildman–Crippen LogP) is 2.97. The van der Waals surface area contributed by atoms with E-state index in [9.17, 15) is 33.1 Å². The van der Waals surface area contributed by atoms with Crippen LogP contribution >= 0.6 is 11.6 Å². The van der Waals surface area contributed by atoms with Crippen molar-refractivity contribution in [3.8, 4) is 17.0 Å². The van der Waals surface area contributed by atoms with Gasteiger partial charge in [-0.05, 0) is 36.9 Å². The molecule has 0 bridgehead atoms. The third-order valence-electron chi connectivity index (χ3n) is 10.4. The van der Waals surface area contributed by atoms with Crippen LogP contribution < -0.4 is 15.8 Å². The number of carboxylic acid groups (broad SMARTS) is 1. The van der Waals surface area contributed by atoms with Gasteiger partial charge in [0.2, 0.25) is 5.82 Å². The van der Waals surface area contributed by atoms with Crippen molar-refractivity contribution in [2.45, 2.75) is 6.42 Å². The van der Waals surface area contributed by atoms with Crippen LogP contribution in [0.3, 0.4) is 0 Å². The average molecular weight is 744 g/mol. The number of anilines is 1. The summed E-state index contributed by atoms with van der Waals surface area (Å²) in [6.45, 7) is 5.30. The third kappa shape index (κ3) is 7.27. The Hall–Kier alpha value is -4.80. The number of likely N-dealkylation sites (tertiary alicyclic amines) is 2. The van der Waals surface area contributed by atoms with Gasteiger partial charge in [0.1, 0.15) is 0 Å². The number of urea groups is 1. The Balaban J connectivity index is 1.02. The number of nitrogens with zero attached hydrogens (tertiary/aromatic N) is 6. The maximum absolute atomic E-state index is 14.7. The molecule has 14 nitrogen and oxygen atoms in total. The molecular formula is C35H42ClF2N8O6+. The second kappa shape index (κ2) is 15.0. The minimum absolute atomic E-state index is 0.0700. The lowest BCUT2D eigenvalue weighted by atomic mass is 10.0. The number of rotatable bonds is 10. The van der Waals surface area contributed by atoms with Crippen LogP contribution in [0, 0.1) is 23.5 Å². The summed E-state index contributed by atoms with van der Waals surface area (Å²) in [6, 6.07) is 7.03. The minimum Gasteiger partial charge on any atom is -0.494 e. The molecule has 4 heterocycles. The van der Waals surface area contributed by atoms with Gasteiger partial charge in [-0.3, -0.25) is 9.59 Å². The third-order valence-corrected chi connectivity index (χ3v) is 10.7. The number of aliphatic carboxylic acids is 1. The van der Waals surface area contributed by atoms with Crippen molar-refractivity contribution in [3.05, 3.63) is 64.6 Å². The van der Waals surface area contributed by atoms with E-state index in [0.29, 0.717) is 56.0 Å². The standard InChI is InChI=1S/C35H41ClF2N8O6/c1-42-27(25-6-7-28(52-2)31(38)30(25)37)15-40-32(42)33(49)41-23-4-5-24(26(36)14-23)34(50)43-9-11-44(12-10-43)35(51)45-16-21-18-46(13-3-8-39,20-29(47)48)19-22(21)17-45/h4-7,14-15,21-22H,3,8-13,16-20,39H2,1-2H3,(H-,41,47,48,49,50)/p+1/t21-,22+,46?. The lowest BCUT2D eigenvalue weighted by molar-refractivity contribution is -0.912. The molecule has 0 aliphatic carbocycles. The summed E-state index contributed by atoms with van der Waals surface area (Å²) < 4.78 is 35.7. The van der Waals surface area contributed by atoms with Crippen molar-refractivity contribution in [3.63, 3.8) is 0 Å². The number of imidazole rings is 1. The van der Waals surface area contributed by atoms with E-state index in [1.165, 1.54) is 55.3 Å². The molecule has 0 spiro atoms. The zero-order valence-corrected chi connectivity index (χ0v) is 29.7. The first kappa shape index (κ1) is 37.0. The minimum atomic E-state index is -1.15. The van der Waals surface area contributed by atoms with Gasteiger partial charge >= 0.3 is 12.0 Å². The fraction of sp³-hybridized carbons (Fsp3) is 0.457. The quantitative estimate of drug-likeness (QED) is 0.267. The van der Waals surface area contributed by atoms with Gasteiger partial charge in [0.15, 0.2) is 23.9 Å². The number of carbonyl (C=O) groups excluding carboxylic acids is 3. The first-order valence-electron chi connectivity index (χ1n) is 17.1. The molecule has 17 heteroatoms. The van der Waals surface area contributed by atoms with Crippen LogP contribution in [0.2, 0.25) is 5.02 Å². The van der Waals surface area contributed by atoms with Crippen molar-refractivity contribution in [2.75, 3.05) is 84.4 Å². The zero-order valence-electron chi connectivity index (χ0n) is 29.0. The molecule has 3 aromatic rings. The highest BCUT2D eigenvalue weighted by Gasteiger charge is 2.51. The van der Waals surface area contributed by atoms with E-state index < -0.39 is 23.5 Å². The van der Waals surface area contributed by atoms with E-state index in [1.54, 1.807) is 9.80 Å². The van der Waals surface area contributed by atoms with E-state index in [1.807, 2.05) is 4.90 Å². The van der Waals surface area contributed by atoms with Gasteiger partial charge in [0.25, 0.3) is 11.8 Å². The van der Waals surface area contributed by atoms with Crippen molar-refractivity contribution in [2.24, 2.45) is 24.6 Å². The number of fused-ring (bicyclic) bond motifs is 1. The number of ether oxygens (including phenoxy) is 1. The number of carbonyl (C=O) groups is 4. The average Bonchev–Trinajstić information content (AvgIpc) is 3.79. The van der Waals surface area contributed by atoms with Crippen LogP contribution in [0.1, 0.15) is 27.4 Å². The Kier molecular flexibility index (Phi) is 10.7. The molecule has 6 rings (SSSR count). The summed E-state index contributed by atoms with van der Waals surface area (Å²) in [6.07, 6.45) is 2.02. The van der Waals surface area contributed by atoms with Crippen LogP contribution in [-0.4, -0.2) is 137 Å². The SMILES string of the molecule is COc1ccc(-c2cnc(C(=O)Nc3ccc(C(=O)N4CCN(C(=O)N5C[C@@H]6C[N+](CCCN)(CC(=O)O)C[C@@H]6C5)CC4)c(Cl)c3)n2C)c(F)c1F. The number of hydrogen-bond donors (Lipinski definition) is 3. The van der Waals surface area contributed by atoms with Crippen molar-refractivity contribution < 1.29 is 42.3 Å². The van der Waals surface area contributed by atoms with E-state index in [4.69, 9.17) is 22.1 Å². The lowest BCUT2D eigenvalue weighted by Crippen LogP contribution is -2.55. The van der Waals surface area contributed by atoms with Crippen molar-refractivity contribution in [1.82, 2.24) is 24.3 Å². The number of nitrogens with two attached hydrogens (primary N) is 1. The monoisotopic (exact) mass is 743 g/mol. The van der Waals surface area contributed by atoms with E-state index in [2.05, 4.69) is 10.3 Å². The van der Waals surface area contributed by atoms with Gasteiger partial charge in [-0.25, -0.2) is 19.0 Å². The smallest absolute Gasteiger partial charge is 0.359 e. The molecule has 0 saturated carbocycles. The number of hydrogen-bond acceptors (Lipinski definition) is 7. The van der Waals surface area contributed by atoms with Crippen LogP contribution in [0.15, 0.2) is 36.5 Å². The van der Waals surface area contributed by atoms with E-state index in [0.717, 1.165) is 26.1 Å². The summed E-state index contributed by atoms with van der Waals surface area (Å²) in [5, 5.41) is 12.3. The first-order valence-corrected chi connectivity index (χ1v) is 17.5. The van der Waals surface area contributed by atoms with Gasteiger partial charge in [0.05, 0.1) is 49.2 Å². The number of nitrogens with one attached hydrogen (secondary N) is 1. The van der Waals surface area contributed by atoms with Crippen LogP contribution in [0.5, 0.6) is 5.75 Å². The molecule has 0 radical (unpaired) electrons. The predicted molar refractivity (Wildman–Crippen MR) is 187 cm³/mol. The number of quaternary nitrogens is 1. The highest BCUT2D eigenvalue weighted by molar-refractivity contribution is 6.34. The molecule has 4 amide bonds. The van der Waals surface area contributed by atoms with Crippen LogP contribution in [0.4, 0.5) is 19.3 Å². The fourth-order valence-corrected chi connectivity index (χ4v) is 8.13. The van der Waals surface area contributed by atoms with Crippen molar-refractivity contribution in [1.29, 1.82) is 0 Å². The molecule has 4 N–H and O–H groups in total. The number of halogens is 3. The van der Waals surface area contributed by atoms with Gasteiger partial charge < -0.3 is 44.6 Å². The topological polar surface area (TPSA) is 163 Å². The lowest BCUT2D eigenvalue weighted by Gasteiger charge is -2.38. The molecule has 3 aliphatic rings. The fourth-order valence-electron chi connectivity index (χ4n) is 7.86. The molecule has 1 aromatic heterocycles. The summed E-state index contributed by atoms with van der Waals surface area (Å²) >= 11 is 6.51. The molecule has 278 valence electrons. The van der Waals surface area contributed by atoms with Gasteiger partial charge in [0, 0.05) is 75.8 Å². The highest BCUT2D eigenvalue weighted by Crippen LogP contribution is 2.37. The summed E-state index contributed by atoms with van der Waals surface area (Å²) in [4.78, 5) is 60.9. The number of amides is 4. The van der Waals surface area contributed by atoms with E-state index >= 15 is 0 Å². The zero-order chi connectivity index (χ0) is 37.3. The second-order valence-corrected chi connectivity index (χ2v) is 14.1. The van der Waals surface area contributed by atoms with Crippen LogP contribution in [0.25, 0.3) is 11.3 Å². The molecular weight excluding hydrogens is 702 g/mol. The van der Waals surface area contributed by atoms with Gasteiger partial charge in [-0.2, -0.15) is 4.39 Å². The molecule has 2 aromatic carbocycles. The van der Waals surface area contributed by atoms with Crippen LogP contribution in [-0.2, 0) is 11.8 Å². The van der Waals surface area contributed by atoms with E-state index in [-0.39, 0.29) is 63.7 Å². The molecule has 3 saturated heterocycles. The number of benzene rings is 2. The van der Waals surface area contributed by atoms with Gasteiger partial charge in [-0.15, -0.1) is 0 Å². The molecule has 52 heavy (non-hydrogen) atoms. The molecule has 1 unspecified atom stereocenters. The number of carboxylic acids is 1. The maximum Gasteiger partial charge on any atom is 0.359 e. The molecule has 3 fully saturated rings. The summed E-state index contributed by atoms with van der Waals surface area (Å²) in [7, 11) is 2.72. The summed E-state index contributed by atoms with van der Waals surface area (Å²) in [5.74, 6) is -3.88. The highest BCUT2D eigenvalue weighted by atomic mass is 35.5. The van der Waals surface area contributed by atoms with Crippen molar-refractivity contribution >= 4 is 41.1 Å². The molecule has 3 atom stereocenters. The Bertz CT molecular complexity index is 1870. The molecule has 3 aliphatic heterocycles. The Morgan fingerprint density at radius 2 is 1.69 bits per heavy atom. The largest absolute Gasteiger partial charge is 0.494 e. The Morgan fingerprint density at radius 1 is 1.02 bits per heavy atom. The second-order valence-electron chi connectivity index (χ2n) is 13.7. The number of methoxy groups -OCH3 is 1. The van der Waals surface area contributed by atoms with Gasteiger partial charge in [-0.1, -0.05) is 11.6 Å². The Morgan fingerprint density at radius 3 is 2.31 bits per heavy atom. The maximum atomic E-state index is 14.7. The number of piperazine rings is 1. The Labute approximate surface area is 304 Å².